The number of carbonyl (C=O) groups excluding carboxylic acids is 1. The SMILES string of the molecule is Cn1c(CC2CC2)nnc1N1CCC(N2CCNC2=O)CC1. The minimum atomic E-state index is 0.101. The van der Waals surface area contributed by atoms with Crippen molar-refractivity contribution in [2.75, 3.05) is 31.1 Å². The van der Waals surface area contributed by atoms with Gasteiger partial charge in [0.05, 0.1) is 0 Å². The van der Waals surface area contributed by atoms with E-state index in [0.717, 1.165) is 63.1 Å². The van der Waals surface area contributed by atoms with Crippen LogP contribution in [0.2, 0.25) is 0 Å². The molecule has 120 valence electrons. The van der Waals surface area contributed by atoms with Crippen molar-refractivity contribution >= 4 is 12.0 Å². The van der Waals surface area contributed by atoms with Gasteiger partial charge in [-0.05, 0) is 31.6 Å². The Balaban J connectivity index is 1.38. The molecular weight excluding hydrogens is 280 g/mol. The molecule has 3 aliphatic rings. The Morgan fingerprint density at radius 2 is 1.91 bits per heavy atom. The van der Waals surface area contributed by atoms with E-state index in [-0.39, 0.29) is 6.03 Å². The smallest absolute Gasteiger partial charge is 0.317 e. The predicted octanol–water partition coefficient (Wildman–Crippen LogP) is 0.762. The van der Waals surface area contributed by atoms with Crippen molar-refractivity contribution in [1.82, 2.24) is 25.0 Å². The maximum atomic E-state index is 11.8. The van der Waals surface area contributed by atoms with E-state index in [9.17, 15) is 4.79 Å². The summed E-state index contributed by atoms with van der Waals surface area (Å²) in [5.74, 6) is 2.92. The zero-order valence-electron chi connectivity index (χ0n) is 13.2. The summed E-state index contributed by atoms with van der Waals surface area (Å²) in [5, 5.41) is 11.7. The highest BCUT2D eigenvalue weighted by Crippen LogP contribution is 2.32. The van der Waals surface area contributed by atoms with Gasteiger partial charge in [0.25, 0.3) is 0 Å². The van der Waals surface area contributed by atoms with E-state index in [1.54, 1.807) is 0 Å². The number of rotatable bonds is 4. The molecule has 3 heterocycles. The molecule has 1 N–H and O–H groups in total. The van der Waals surface area contributed by atoms with Crippen molar-refractivity contribution < 1.29 is 4.79 Å². The maximum absolute atomic E-state index is 11.8. The first-order valence-electron chi connectivity index (χ1n) is 8.40. The minimum Gasteiger partial charge on any atom is -0.341 e. The van der Waals surface area contributed by atoms with E-state index in [4.69, 9.17) is 0 Å². The van der Waals surface area contributed by atoms with Crippen molar-refractivity contribution in [3.05, 3.63) is 5.82 Å². The Labute approximate surface area is 130 Å². The van der Waals surface area contributed by atoms with E-state index >= 15 is 0 Å². The summed E-state index contributed by atoms with van der Waals surface area (Å²) < 4.78 is 2.15. The number of piperidine rings is 1. The average Bonchev–Trinajstić information content (AvgIpc) is 3.14. The van der Waals surface area contributed by atoms with Crippen LogP contribution in [0, 0.1) is 5.92 Å². The van der Waals surface area contributed by atoms with Crippen LogP contribution in [-0.2, 0) is 13.5 Å². The molecule has 1 aromatic heterocycles. The van der Waals surface area contributed by atoms with Crippen molar-refractivity contribution in [2.24, 2.45) is 13.0 Å². The standard InChI is InChI=1S/C15H24N6O/c1-19-13(10-11-2-3-11)17-18-14(19)20-7-4-12(5-8-20)21-9-6-16-15(21)22/h11-12H,2-10H2,1H3,(H,16,22). The lowest BCUT2D eigenvalue weighted by molar-refractivity contribution is 0.186. The van der Waals surface area contributed by atoms with Crippen LogP contribution in [0.25, 0.3) is 0 Å². The topological polar surface area (TPSA) is 66.3 Å². The number of nitrogens with zero attached hydrogens (tertiary/aromatic N) is 5. The number of nitrogens with one attached hydrogen (secondary N) is 1. The van der Waals surface area contributed by atoms with Crippen LogP contribution < -0.4 is 10.2 Å². The monoisotopic (exact) mass is 304 g/mol. The molecule has 4 rings (SSSR count). The summed E-state index contributed by atoms with van der Waals surface area (Å²) in [6.45, 7) is 3.53. The van der Waals surface area contributed by atoms with Gasteiger partial charge in [-0.2, -0.15) is 0 Å². The lowest BCUT2D eigenvalue weighted by Gasteiger charge is -2.36. The molecule has 2 amide bonds. The zero-order chi connectivity index (χ0) is 15.1. The quantitative estimate of drug-likeness (QED) is 0.892. The Kier molecular flexibility index (Phi) is 3.43. The van der Waals surface area contributed by atoms with Gasteiger partial charge in [0.15, 0.2) is 0 Å². The average molecular weight is 304 g/mol. The predicted molar refractivity (Wildman–Crippen MR) is 82.8 cm³/mol. The molecule has 1 aliphatic carbocycles. The zero-order valence-corrected chi connectivity index (χ0v) is 13.2. The number of urea groups is 1. The molecule has 22 heavy (non-hydrogen) atoms. The van der Waals surface area contributed by atoms with Gasteiger partial charge in [0.1, 0.15) is 5.82 Å². The van der Waals surface area contributed by atoms with Gasteiger partial charge >= 0.3 is 6.03 Å². The van der Waals surface area contributed by atoms with Crippen LogP contribution in [0.15, 0.2) is 0 Å². The third-order valence-corrected chi connectivity index (χ3v) is 5.19. The van der Waals surface area contributed by atoms with Crippen LogP contribution in [0.5, 0.6) is 0 Å². The highest BCUT2D eigenvalue weighted by molar-refractivity contribution is 5.76. The molecule has 0 radical (unpaired) electrons. The normalized spacial score (nSPS) is 23.2. The van der Waals surface area contributed by atoms with Crippen LogP contribution in [0.4, 0.5) is 10.7 Å². The summed E-state index contributed by atoms with van der Waals surface area (Å²) in [4.78, 5) is 16.1. The molecule has 0 unspecified atom stereocenters. The number of hydrogen-bond donors (Lipinski definition) is 1. The number of hydrogen-bond acceptors (Lipinski definition) is 4. The largest absolute Gasteiger partial charge is 0.341 e. The van der Waals surface area contributed by atoms with Crippen LogP contribution in [0.1, 0.15) is 31.5 Å². The van der Waals surface area contributed by atoms with E-state index in [1.165, 1.54) is 12.8 Å². The first-order chi connectivity index (χ1) is 10.7. The fourth-order valence-electron chi connectivity index (χ4n) is 3.60. The van der Waals surface area contributed by atoms with Crippen molar-refractivity contribution in [3.63, 3.8) is 0 Å². The molecule has 2 aliphatic heterocycles. The first kappa shape index (κ1) is 13.8. The van der Waals surface area contributed by atoms with Gasteiger partial charge in [-0.25, -0.2) is 4.79 Å². The second kappa shape index (κ2) is 5.44. The summed E-state index contributed by atoms with van der Waals surface area (Å²) in [6.07, 6.45) is 5.77. The second-order valence-corrected chi connectivity index (χ2v) is 6.77. The van der Waals surface area contributed by atoms with Gasteiger partial charge < -0.3 is 19.7 Å². The summed E-state index contributed by atoms with van der Waals surface area (Å²) >= 11 is 0. The Bertz CT molecular complexity index is 558. The summed E-state index contributed by atoms with van der Waals surface area (Å²) in [5.41, 5.74) is 0. The fourth-order valence-corrected chi connectivity index (χ4v) is 3.60. The Hall–Kier alpha value is -1.79. The second-order valence-electron chi connectivity index (χ2n) is 6.77. The van der Waals surface area contributed by atoms with Gasteiger partial charge in [-0.1, -0.05) is 0 Å². The summed E-state index contributed by atoms with van der Waals surface area (Å²) in [7, 11) is 2.08. The highest BCUT2D eigenvalue weighted by atomic mass is 16.2. The third kappa shape index (κ3) is 2.53. The van der Waals surface area contributed by atoms with Crippen LogP contribution in [-0.4, -0.2) is 57.9 Å². The first-order valence-corrected chi connectivity index (χ1v) is 8.40. The molecule has 0 atom stereocenters. The van der Waals surface area contributed by atoms with Crippen molar-refractivity contribution in [3.8, 4) is 0 Å². The number of aromatic nitrogens is 3. The highest BCUT2D eigenvalue weighted by Gasteiger charge is 2.32. The van der Waals surface area contributed by atoms with Gasteiger partial charge in [0.2, 0.25) is 5.95 Å². The van der Waals surface area contributed by atoms with E-state index in [0.29, 0.717) is 6.04 Å². The summed E-state index contributed by atoms with van der Waals surface area (Å²) in [6, 6.07) is 0.474. The van der Waals surface area contributed by atoms with E-state index in [1.807, 2.05) is 4.90 Å². The molecule has 7 heteroatoms. The Morgan fingerprint density at radius 3 is 2.55 bits per heavy atom. The van der Waals surface area contributed by atoms with Gasteiger partial charge in [-0.3, -0.25) is 0 Å². The van der Waals surface area contributed by atoms with Crippen LogP contribution >= 0.6 is 0 Å². The lowest BCUT2D eigenvalue weighted by atomic mass is 10.0. The molecule has 0 aromatic carbocycles. The molecular formula is C15H24N6O. The van der Waals surface area contributed by atoms with Crippen molar-refractivity contribution in [2.45, 2.75) is 38.1 Å². The molecule has 7 nitrogen and oxygen atoms in total. The molecule has 1 aromatic rings. The maximum Gasteiger partial charge on any atom is 0.317 e. The van der Waals surface area contributed by atoms with Gasteiger partial charge in [-0.15, -0.1) is 10.2 Å². The minimum absolute atomic E-state index is 0.101. The number of anilines is 1. The molecule has 0 spiro atoms. The lowest BCUT2D eigenvalue weighted by Crippen LogP contribution is -2.46. The third-order valence-electron chi connectivity index (χ3n) is 5.19. The fraction of sp³-hybridized carbons (Fsp3) is 0.800. The molecule has 3 fully saturated rings. The van der Waals surface area contributed by atoms with Crippen LogP contribution in [0.3, 0.4) is 0 Å². The Morgan fingerprint density at radius 1 is 1.14 bits per heavy atom. The van der Waals surface area contributed by atoms with Gasteiger partial charge in [0, 0.05) is 45.7 Å². The number of amides is 2. The molecule has 0 bridgehead atoms. The van der Waals surface area contributed by atoms with Crippen molar-refractivity contribution in [1.29, 1.82) is 0 Å². The van der Waals surface area contributed by atoms with E-state index in [2.05, 4.69) is 32.0 Å². The molecule has 1 saturated carbocycles. The number of carbonyl (C=O) groups is 1. The molecule has 2 saturated heterocycles. The van der Waals surface area contributed by atoms with E-state index < -0.39 is 0 Å².